The van der Waals surface area contributed by atoms with E-state index in [1.54, 1.807) is 60.7 Å². The number of furan rings is 2. The lowest BCUT2D eigenvalue weighted by Gasteiger charge is -2.10. The minimum absolute atomic E-state index is 0.118. The first-order valence-electron chi connectivity index (χ1n) is 9.23. The molecule has 0 aliphatic rings. The molecule has 0 radical (unpaired) electrons. The first kappa shape index (κ1) is 21.1. The molecular weight excluding hydrogens is 441 g/mol. The van der Waals surface area contributed by atoms with Crippen LogP contribution in [-0.2, 0) is 6.61 Å². The smallest absolute Gasteiger partial charge is 0.291 e. The second-order valence-electron chi connectivity index (χ2n) is 6.56. The Hall–Kier alpha value is -3.19. The van der Waals surface area contributed by atoms with Crippen LogP contribution in [0.1, 0.15) is 16.3 Å². The van der Waals surface area contributed by atoms with Crippen molar-refractivity contribution in [3.05, 3.63) is 82.2 Å². The number of aliphatic hydroxyl groups excluding tert-OH is 1. The minimum atomic E-state index is -0.431. The van der Waals surface area contributed by atoms with E-state index in [4.69, 9.17) is 36.8 Å². The van der Waals surface area contributed by atoms with E-state index in [9.17, 15) is 9.90 Å². The Balaban J connectivity index is 1.55. The number of ether oxygens (including phenoxy) is 1. The first-order chi connectivity index (χ1) is 15.0. The molecule has 0 bridgehead atoms. The van der Waals surface area contributed by atoms with Crippen LogP contribution in [0.15, 0.2) is 69.5 Å². The van der Waals surface area contributed by atoms with Crippen LogP contribution >= 0.6 is 23.2 Å². The van der Waals surface area contributed by atoms with Gasteiger partial charge in [-0.25, -0.2) is 0 Å². The predicted molar refractivity (Wildman–Crippen MR) is 119 cm³/mol. The van der Waals surface area contributed by atoms with Gasteiger partial charge in [-0.3, -0.25) is 4.79 Å². The second-order valence-corrected chi connectivity index (χ2v) is 7.34. The van der Waals surface area contributed by atoms with Crippen LogP contribution in [-0.4, -0.2) is 18.1 Å². The highest BCUT2D eigenvalue weighted by atomic mass is 35.5. The summed E-state index contributed by atoms with van der Waals surface area (Å²) in [4.78, 5) is 12.7. The molecule has 2 N–H and O–H groups in total. The molecule has 0 saturated carbocycles. The first-order valence-corrected chi connectivity index (χ1v) is 9.99. The molecule has 0 atom stereocenters. The molecule has 0 spiro atoms. The fourth-order valence-electron chi connectivity index (χ4n) is 3.07. The zero-order valence-electron chi connectivity index (χ0n) is 16.3. The lowest BCUT2D eigenvalue weighted by atomic mass is 10.1. The van der Waals surface area contributed by atoms with Gasteiger partial charge in [0, 0.05) is 17.3 Å². The molecule has 2 aromatic heterocycles. The van der Waals surface area contributed by atoms with E-state index >= 15 is 0 Å². The van der Waals surface area contributed by atoms with Gasteiger partial charge in [-0.2, -0.15) is 0 Å². The van der Waals surface area contributed by atoms with Crippen molar-refractivity contribution in [2.24, 2.45) is 0 Å². The SMILES string of the molecule is COc1cc(NC(=O)c2ccc(-c3cccc(Cl)c3Cl)o2)ccc1-c1ccc(CO)o1. The number of amides is 1. The Bertz CT molecular complexity index is 1240. The topological polar surface area (TPSA) is 84.8 Å². The highest BCUT2D eigenvalue weighted by Crippen LogP contribution is 2.35. The molecular formula is C23H17Cl2NO5. The van der Waals surface area contributed by atoms with E-state index in [0.29, 0.717) is 49.9 Å². The molecule has 0 saturated heterocycles. The van der Waals surface area contributed by atoms with E-state index in [0.717, 1.165) is 0 Å². The van der Waals surface area contributed by atoms with Crippen molar-refractivity contribution in [3.8, 4) is 28.4 Å². The molecule has 31 heavy (non-hydrogen) atoms. The molecule has 8 heteroatoms. The maximum absolute atomic E-state index is 12.7. The molecule has 6 nitrogen and oxygen atoms in total. The summed E-state index contributed by atoms with van der Waals surface area (Å²) < 4.78 is 16.7. The van der Waals surface area contributed by atoms with Crippen LogP contribution in [0.5, 0.6) is 5.75 Å². The van der Waals surface area contributed by atoms with Crippen molar-refractivity contribution in [2.45, 2.75) is 6.61 Å². The number of halogens is 2. The number of methoxy groups -OCH3 is 1. The molecule has 0 unspecified atom stereocenters. The van der Waals surface area contributed by atoms with Gasteiger partial charge in [-0.1, -0.05) is 29.3 Å². The standard InChI is InChI=1S/C23H17Cl2NO5/c1-29-21-11-13(5-7-15(21)18-8-6-14(12-27)30-18)26-23(28)20-10-9-19(31-20)16-3-2-4-17(24)22(16)25/h2-11,27H,12H2,1H3,(H,26,28). The summed E-state index contributed by atoms with van der Waals surface area (Å²) >= 11 is 12.3. The molecule has 4 aromatic rings. The maximum Gasteiger partial charge on any atom is 0.291 e. The van der Waals surface area contributed by atoms with Gasteiger partial charge in [0.25, 0.3) is 5.91 Å². The molecule has 0 aliphatic heterocycles. The summed E-state index contributed by atoms with van der Waals surface area (Å²) in [6, 6.07) is 17.0. The molecule has 0 fully saturated rings. The van der Waals surface area contributed by atoms with E-state index in [-0.39, 0.29) is 12.4 Å². The number of nitrogens with one attached hydrogen (secondary N) is 1. The number of carbonyl (C=O) groups excluding carboxylic acids is 1. The van der Waals surface area contributed by atoms with Crippen LogP contribution in [0.2, 0.25) is 10.0 Å². The fraction of sp³-hybridized carbons (Fsp3) is 0.0870. The summed E-state index contributed by atoms with van der Waals surface area (Å²) in [7, 11) is 1.52. The normalized spacial score (nSPS) is 10.8. The molecule has 1 amide bonds. The number of anilines is 1. The second kappa shape index (κ2) is 8.89. The molecule has 0 aliphatic carbocycles. The van der Waals surface area contributed by atoms with Crippen molar-refractivity contribution in [1.29, 1.82) is 0 Å². The Kier molecular flexibility index (Phi) is 6.04. The Morgan fingerprint density at radius 2 is 1.77 bits per heavy atom. The number of hydrogen-bond acceptors (Lipinski definition) is 5. The summed E-state index contributed by atoms with van der Waals surface area (Å²) in [5.74, 6) is 1.62. The summed E-state index contributed by atoms with van der Waals surface area (Å²) in [6.45, 7) is -0.192. The Morgan fingerprint density at radius 3 is 2.52 bits per heavy atom. The average Bonchev–Trinajstić information content (AvgIpc) is 3.45. The molecule has 2 heterocycles. The number of aliphatic hydroxyl groups is 1. The quantitative estimate of drug-likeness (QED) is 0.356. The van der Waals surface area contributed by atoms with Gasteiger partial charge in [-0.05, 0) is 48.5 Å². The highest BCUT2D eigenvalue weighted by molar-refractivity contribution is 6.43. The third-order valence-electron chi connectivity index (χ3n) is 4.59. The monoisotopic (exact) mass is 457 g/mol. The zero-order valence-corrected chi connectivity index (χ0v) is 17.8. The number of carbonyl (C=O) groups is 1. The van der Waals surface area contributed by atoms with Crippen molar-refractivity contribution in [2.75, 3.05) is 12.4 Å². The fourth-order valence-corrected chi connectivity index (χ4v) is 3.47. The summed E-state index contributed by atoms with van der Waals surface area (Å²) in [5, 5.41) is 12.7. The van der Waals surface area contributed by atoms with Gasteiger partial charge >= 0.3 is 0 Å². The van der Waals surface area contributed by atoms with E-state index in [1.165, 1.54) is 7.11 Å². The van der Waals surface area contributed by atoms with Crippen molar-refractivity contribution in [1.82, 2.24) is 0 Å². The maximum atomic E-state index is 12.7. The van der Waals surface area contributed by atoms with Gasteiger partial charge in [-0.15, -0.1) is 0 Å². The van der Waals surface area contributed by atoms with Crippen LogP contribution in [0.4, 0.5) is 5.69 Å². The third kappa shape index (κ3) is 4.32. The Morgan fingerprint density at radius 1 is 1.00 bits per heavy atom. The Labute approximate surface area is 188 Å². The largest absolute Gasteiger partial charge is 0.496 e. The van der Waals surface area contributed by atoms with Crippen LogP contribution in [0.3, 0.4) is 0 Å². The van der Waals surface area contributed by atoms with Gasteiger partial charge in [0.05, 0.1) is 22.7 Å². The van der Waals surface area contributed by atoms with Crippen LogP contribution in [0, 0.1) is 0 Å². The third-order valence-corrected chi connectivity index (χ3v) is 5.41. The molecule has 158 valence electrons. The van der Waals surface area contributed by atoms with Gasteiger partial charge in [0.1, 0.15) is 29.6 Å². The zero-order chi connectivity index (χ0) is 22.0. The van der Waals surface area contributed by atoms with Crippen LogP contribution < -0.4 is 10.1 Å². The van der Waals surface area contributed by atoms with Crippen molar-refractivity contribution < 1.29 is 23.5 Å². The van der Waals surface area contributed by atoms with Crippen molar-refractivity contribution in [3.63, 3.8) is 0 Å². The number of rotatable bonds is 6. The predicted octanol–water partition coefficient (Wildman–Crippen LogP) is 6.27. The van der Waals surface area contributed by atoms with Gasteiger partial charge in [0.15, 0.2) is 5.76 Å². The summed E-state index contributed by atoms with van der Waals surface area (Å²) in [6.07, 6.45) is 0. The van der Waals surface area contributed by atoms with E-state index in [2.05, 4.69) is 5.32 Å². The average molecular weight is 458 g/mol. The van der Waals surface area contributed by atoms with Crippen molar-refractivity contribution >= 4 is 34.8 Å². The number of benzene rings is 2. The minimum Gasteiger partial charge on any atom is -0.496 e. The van der Waals surface area contributed by atoms with Gasteiger partial charge in [0.2, 0.25) is 0 Å². The molecule has 4 rings (SSSR count). The summed E-state index contributed by atoms with van der Waals surface area (Å²) in [5.41, 5.74) is 1.80. The molecule has 2 aromatic carbocycles. The van der Waals surface area contributed by atoms with Crippen LogP contribution in [0.25, 0.3) is 22.6 Å². The number of hydrogen-bond donors (Lipinski definition) is 2. The lowest BCUT2D eigenvalue weighted by molar-refractivity contribution is 0.0997. The highest BCUT2D eigenvalue weighted by Gasteiger charge is 2.17. The lowest BCUT2D eigenvalue weighted by Crippen LogP contribution is -2.10. The van der Waals surface area contributed by atoms with E-state index < -0.39 is 5.91 Å². The van der Waals surface area contributed by atoms with E-state index in [1.807, 2.05) is 0 Å². The van der Waals surface area contributed by atoms with Gasteiger partial charge < -0.3 is 24.0 Å².